The molecule has 1 aromatic rings. The molecular weight excluding hydrogens is 236 g/mol. The molecule has 0 radical (unpaired) electrons. The van der Waals surface area contributed by atoms with Crippen LogP contribution in [0.4, 0.5) is 0 Å². The van der Waals surface area contributed by atoms with Crippen LogP contribution in [0.5, 0.6) is 0 Å². The molecule has 1 fully saturated rings. The molecule has 1 unspecified atom stereocenters. The van der Waals surface area contributed by atoms with E-state index in [0.717, 1.165) is 36.2 Å². The number of carbonyl (C=O) groups excluding carboxylic acids is 1. The van der Waals surface area contributed by atoms with Crippen LogP contribution in [-0.4, -0.2) is 25.0 Å². The van der Waals surface area contributed by atoms with Gasteiger partial charge in [-0.05, 0) is 43.9 Å². The highest BCUT2D eigenvalue weighted by atomic mass is 16.1. The average Bonchev–Trinajstić information content (AvgIpc) is 2.34. The summed E-state index contributed by atoms with van der Waals surface area (Å²) in [7, 11) is 0. The van der Waals surface area contributed by atoms with E-state index in [1.165, 1.54) is 0 Å². The Hall–Kier alpha value is -1.35. The predicted molar refractivity (Wildman–Crippen MR) is 78.4 cm³/mol. The fourth-order valence-corrected chi connectivity index (χ4v) is 2.65. The lowest BCUT2D eigenvalue weighted by Gasteiger charge is -2.39. The van der Waals surface area contributed by atoms with Gasteiger partial charge in [0.1, 0.15) is 0 Å². The lowest BCUT2D eigenvalue weighted by Crippen LogP contribution is -2.54. The molecule has 19 heavy (non-hydrogen) atoms. The largest absolute Gasteiger partial charge is 0.349 e. The van der Waals surface area contributed by atoms with E-state index in [-0.39, 0.29) is 17.4 Å². The molecule has 1 atom stereocenters. The van der Waals surface area contributed by atoms with Gasteiger partial charge in [0.05, 0.1) is 0 Å². The summed E-state index contributed by atoms with van der Waals surface area (Å²) >= 11 is 0. The first-order chi connectivity index (χ1) is 8.90. The van der Waals surface area contributed by atoms with E-state index in [9.17, 15) is 4.79 Å². The van der Waals surface area contributed by atoms with Crippen molar-refractivity contribution in [2.24, 2.45) is 5.41 Å². The minimum absolute atomic E-state index is 0.0566. The van der Waals surface area contributed by atoms with E-state index in [1.54, 1.807) is 0 Å². The van der Waals surface area contributed by atoms with Crippen LogP contribution >= 0.6 is 0 Å². The number of piperidine rings is 1. The quantitative estimate of drug-likeness (QED) is 0.857. The van der Waals surface area contributed by atoms with Crippen LogP contribution in [-0.2, 0) is 0 Å². The number of amides is 1. The van der Waals surface area contributed by atoms with Gasteiger partial charge in [0.15, 0.2) is 0 Å². The second-order valence-electron chi connectivity index (χ2n) is 6.30. The Balaban J connectivity index is 2.14. The molecule has 1 aromatic carbocycles. The van der Waals surface area contributed by atoms with Gasteiger partial charge in [0, 0.05) is 18.2 Å². The molecular formula is C16H24N2O. The van der Waals surface area contributed by atoms with Crippen LogP contribution in [0.2, 0.25) is 0 Å². The van der Waals surface area contributed by atoms with Crippen LogP contribution in [0.15, 0.2) is 18.2 Å². The minimum Gasteiger partial charge on any atom is -0.349 e. The highest BCUT2D eigenvalue weighted by molar-refractivity contribution is 5.96. The highest BCUT2D eigenvalue weighted by Crippen LogP contribution is 2.25. The normalized spacial score (nSPS) is 22.0. The summed E-state index contributed by atoms with van der Waals surface area (Å²) in [6.45, 7) is 10.3. The standard InChI is InChI=1S/C16H24N2O/c1-11-5-6-12(2)13(9-11)15(19)18-14-7-8-17-10-16(14,3)4/h5-6,9,14,17H,7-8,10H2,1-4H3,(H,18,19). The summed E-state index contributed by atoms with van der Waals surface area (Å²) < 4.78 is 0. The highest BCUT2D eigenvalue weighted by Gasteiger charge is 2.33. The van der Waals surface area contributed by atoms with Gasteiger partial charge >= 0.3 is 0 Å². The topological polar surface area (TPSA) is 41.1 Å². The first kappa shape index (κ1) is 14.1. The van der Waals surface area contributed by atoms with Crippen molar-refractivity contribution >= 4 is 5.91 Å². The zero-order valence-corrected chi connectivity index (χ0v) is 12.3. The third-order valence-corrected chi connectivity index (χ3v) is 4.08. The van der Waals surface area contributed by atoms with Crippen LogP contribution in [0, 0.1) is 19.3 Å². The molecule has 3 nitrogen and oxygen atoms in total. The smallest absolute Gasteiger partial charge is 0.251 e. The maximum absolute atomic E-state index is 12.4. The number of nitrogens with one attached hydrogen (secondary N) is 2. The van der Waals surface area contributed by atoms with Gasteiger partial charge in [-0.15, -0.1) is 0 Å². The number of aryl methyl sites for hydroxylation is 2. The Morgan fingerprint density at radius 1 is 1.37 bits per heavy atom. The van der Waals surface area contributed by atoms with Gasteiger partial charge in [-0.25, -0.2) is 0 Å². The second-order valence-corrected chi connectivity index (χ2v) is 6.30. The second kappa shape index (κ2) is 5.33. The van der Waals surface area contributed by atoms with Crippen molar-refractivity contribution in [2.45, 2.75) is 40.2 Å². The Morgan fingerprint density at radius 3 is 2.79 bits per heavy atom. The molecule has 2 rings (SSSR count). The first-order valence-electron chi connectivity index (χ1n) is 6.99. The summed E-state index contributed by atoms with van der Waals surface area (Å²) in [5.74, 6) is 0.0566. The molecule has 104 valence electrons. The van der Waals surface area contributed by atoms with Crippen LogP contribution in [0.3, 0.4) is 0 Å². The van der Waals surface area contributed by atoms with Gasteiger partial charge in [-0.1, -0.05) is 31.5 Å². The lowest BCUT2D eigenvalue weighted by atomic mass is 9.80. The number of hydrogen-bond donors (Lipinski definition) is 2. The molecule has 0 aliphatic carbocycles. The molecule has 1 amide bonds. The summed E-state index contributed by atoms with van der Waals surface area (Å²) in [5, 5.41) is 6.60. The van der Waals surface area contributed by atoms with Crippen molar-refractivity contribution < 1.29 is 4.79 Å². The van der Waals surface area contributed by atoms with Crippen molar-refractivity contribution in [2.75, 3.05) is 13.1 Å². The zero-order chi connectivity index (χ0) is 14.0. The Kier molecular flexibility index (Phi) is 3.95. The molecule has 0 spiro atoms. The molecule has 1 heterocycles. The summed E-state index contributed by atoms with van der Waals surface area (Å²) in [6, 6.07) is 6.26. The fraction of sp³-hybridized carbons (Fsp3) is 0.562. The summed E-state index contributed by atoms with van der Waals surface area (Å²) in [6.07, 6.45) is 0.990. The van der Waals surface area contributed by atoms with Crippen molar-refractivity contribution in [3.05, 3.63) is 34.9 Å². The van der Waals surface area contributed by atoms with E-state index >= 15 is 0 Å². The Bertz CT molecular complexity index is 480. The average molecular weight is 260 g/mol. The van der Waals surface area contributed by atoms with Crippen LogP contribution in [0.25, 0.3) is 0 Å². The van der Waals surface area contributed by atoms with Gasteiger partial charge in [0.25, 0.3) is 5.91 Å². The number of rotatable bonds is 2. The zero-order valence-electron chi connectivity index (χ0n) is 12.3. The van der Waals surface area contributed by atoms with Gasteiger partial charge in [-0.3, -0.25) is 4.79 Å². The van der Waals surface area contributed by atoms with E-state index in [0.29, 0.717) is 0 Å². The molecule has 1 aliphatic heterocycles. The third-order valence-electron chi connectivity index (χ3n) is 4.08. The van der Waals surface area contributed by atoms with Gasteiger partial charge in [-0.2, -0.15) is 0 Å². The molecule has 0 bridgehead atoms. The molecule has 3 heteroatoms. The lowest BCUT2D eigenvalue weighted by molar-refractivity contribution is 0.0868. The number of benzene rings is 1. The van der Waals surface area contributed by atoms with Crippen LogP contribution < -0.4 is 10.6 Å². The van der Waals surface area contributed by atoms with E-state index < -0.39 is 0 Å². The monoisotopic (exact) mass is 260 g/mol. The van der Waals surface area contributed by atoms with Gasteiger partial charge < -0.3 is 10.6 Å². The SMILES string of the molecule is Cc1ccc(C)c(C(=O)NC2CCNCC2(C)C)c1. The molecule has 2 N–H and O–H groups in total. The maximum atomic E-state index is 12.4. The molecule has 1 saturated heterocycles. The fourth-order valence-electron chi connectivity index (χ4n) is 2.65. The Morgan fingerprint density at radius 2 is 2.11 bits per heavy atom. The van der Waals surface area contributed by atoms with E-state index in [2.05, 4.69) is 24.5 Å². The first-order valence-corrected chi connectivity index (χ1v) is 6.99. The van der Waals surface area contributed by atoms with Crippen LogP contribution in [0.1, 0.15) is 41.8 Å². The summed E-state index contributed by atoms with van der Waals surface area (Å²) in [4.78, 5) is 12.4. The molecule has 1 aliphatic rings. The minimum atomic E-state index is 0.0566. The molecule has 0 aromatic heterocycles. The third kappa shape index (κ3) is 3.16. The predicted octanol–water partition coefficient (Wildman–Crippen LogP) is 2.42. The molecule has 0 saturated carbocycles. The van der Waals surface area contributed by atoms with Crippen molar-refractivity contribution in [1.29, 1.82) is 0 Å². The van der Waals surface area contributed by atoms with Crippen molar-refractivity contribution in [1.82, 2.24) is 10.6 Å². The van der Waals surface area contributed by atoms with E-state index in [4.69, 9.17) is 0 Å². The number of hydrogen-bond acceptors (Lipinski definition) is 2. The van der Waals surface area contributed by atoms with E-state index in [1.807, 2.05) is 32.0 Å². The maximum Gasteiger partial charge on any atom is 0.251 e. The van der Waals surface area contributed by atoms with Crippen molar-refractivity contribution in [3.8, 4) is 0 Å². The summed E-state index contributed by atoms with van der Waals surface area (Å²) in [5.41, 5.74) is 3.07. The van der Waals surface area contributed by atoms with Gasteiger partial charge in [0.2, 0.25) is 0 Å². The number of carbonyl (C=O) groups is 1. The Labute approximate surface area is 115 Å². The van der Waals surface area contributed by atoms with Crippen molar-refractivity contribution in [3.63, 3.8) is 0 Å².